The highest BCUT2D eigenvalue weighted by Gasteiger charge is 2.47. The molecule has 0 radical (unpaired) electrons. The molecule has 10 aromatic rings. The van der Waals surface area contributed by atoms with Crippen LogP contribution in [0.25, 0.3) is 77.4 Å². The highest BCUT2D eigenvalue weighted by Crippen LogP contribution is 2.57. The second-order valence-electron chi connectivity index (χ2n) is 14.8. The predicted molar refractivity (Wildman–Crippen MR) is 218 cm³/mol. The van der Waals surface area contributed by atoms with Crippen molar-refractivity contribution in [3.63, 3.8) is 0 Å². The van der Waals surface area contributed by atoms with Crippen LogP contribution in [0.2, 0.25) is 0 Å². The molecule has 0 fully saturated rings. The zero-order chi connectivity index (χ0) is 34.7. The van der Waals surface area contributed by atoms with Crippen LogP contribution in [0.4, 0.5) is 0 Å². The van der Waals surface area contributed by atoms with E-state index in [1.54, 1.807) is 0 Å². The van der Waals surface area contributed by atoms with Crippen LogP contribution >= 0.6 is 0 Å². The molecule has 3 heterocycles. The van der Waals surface area contributed by atoms with Gasteiger partial charge in [-0.25, -0.2) is 0 Å². The molecule has 3 aromatic heterocycles. The second-order valence-corrected chi connectivity index (χ2v) is 14.8. The van der Waals surface area contributed by atoms with Crippen molar-refractivity contribution in [2.24, 2.45) is 0 Å². The first-order valence-corrected chi connectivity index (χ1v) is 18.5. The van der Waals surface area contributed by atoms with Gasteiger partial charge in [-0.05, 0) is 113 Å². The zero-order valence-corrected chi connectivity index (χ0v) is 29.0. The molecular weight excluding hydrogens is 643 g/mol. The summed E-state index contributed by atoms with van der Waals surface area (Å²) in [4.78, 5) is 4.71. The van der Waals surface area contributed by atoms with Gasteiger partial charge in [-0.2, -0.15) is 0 Å². The molecule has 0 bridgehead atoms. The maximum Gasteiger partial charge on any atom is 0.0702 e. The van der Waals surface area contributed by atoms with E-state index in [1.807, 2.05) is 12.3 Å². The van der Waals surface area contributed by atoms with Crippen molar-refractivity contribution in [1.82, 2.24) is 14.1 Å². The Morgan fingerprint density at radius 1 is 0.415 bits per heavy atom. The lowest BCUT2D eigenvalue weighted by Gasteiger charge is -2.28. The van der Waals surface area contributed by atoms with Gasteiger partial charge in [-0.15, -0.1) is 0 Å². The molecular formula is C50H33N3. The van der Waals surface area contributed by atoms with Crippen molar-refractivity contribution in [2.45, 2.75) is 18.3 Å². The Bertz CT molecular complexity index is 2850. The van der Waals surface area contributed by atoms with E-state index < -0.39 is 0 Å². The zero-order valence-electron chi connectivity index (χ0n) is 29.0. The molecule has 2 aliphatic carbocycles. The van der Waals surface area contributed by atoms with E-state index in [2.05, 4.69) is 173 Å². The fraction of sp³-hybridized carbons (Fsp3) is 0.0600. The second kappa shape index (κ2) is 10.7. The summed E-state index contributed by atoms with van der Waals surface area (Å²) in [5, 5.41) is 5.14. The van der Waals surface area contributed by atoms with Crippen molar-refractivity contribution >= 4 is 43.6 Å². The Morgan fingerprint density at radius 2 is 0.887 bits per heavy atom. The number of fused-ring (bicyclic) bond motifs is 12. The van der Waals surface area contributed by atoms with Crippen LogP contribution in [0.15, 0.2) is 176 Å². The molecule has 0 atom stereocenters. The average molecular weight is 676 g/mol. The standard InChI is InChI=1S/C50H33N3/c1-5-16-46-39(11-1)40-12-2-6-17-47(40)52(46)35-22-24-37-38-25-23-36(53-48-18-7-3-13-41(48)42-14-4-8-19-49(42)53)29-44(38)50(43(37)28-35)30-33-21-20-32(27-34(33)31-50)45-15-9-10-26-51-45/h1-29H,30-31H2. The lowest BCUT2D eigenvalue weighted by molar-refractivity contribution is 0.563. The van der Waals surface area contributed by atoms with Crippen LogP contribution in [0.1, 0.15) is 22.3 Å². The lowest BCUT2D eigenvalue weighted by Crippen LogP contribution is -2.26. The average Bonchev–Trinajstić information content (AvgIpc) is 3.95. The topological polar surface area (TPSA) is 22.8 Å². The van der Waals surface area contributed by atoms with Gasteiger partial charge in [-0.3, -0.25) is 4.98 Å². The van der Waals surface area contributed by atoms with E-state index in [1.165, 1.54) is 93.9 Å². The van der Waals surface area contributed by atoms with E-state index in [-0.39, 0.29) is 5.41 Å². The molecule has 0 saturated carbocycles. The van der Waals surface area contributed by atoms with Crippen molar-refractivity contribution in [1.29, 1.82) is 0 Å². The van der Waals surface area contributed by atoms with Crippen molar-refractivity contribution in [3.05, 3.63) is 198 Å². The fourth-order valence-electron chi connectivity index (χ4n) is 9.90. The van der Waals surface area contributed by atoms with Gasteiger partial charge in [0.05, 0.1) is 27.8 Å². The van der Waals surface area contributed by atoms with Crippen LogP contribution in [0, 0.1) is 0 Å². The SMILES string of the molecule is c1ccc(-c2ccc3c(c2)CC2(C3)c3cc(-n4c5ccccc5c5ccccc54)ccc3-c3ccc(-n4c5ccccc5c5ccccc54)cc32)nc1. The first kappa shape index (κ1) is 28.9. The molecule has 0 unspecified atom stereocenters. The number of hydrogen-bond acceptors (Lipinski definition) is 1. The first-order valence-electron chi connectivity index (χ1n) is 18.5. The fourth-order valence-corrected chi connectivity index (χ4v) is 9.90. The highest BCUT2D eigenvalue weighted by atomic mass is 15.0. The molecule has 2 aliphatic rings. The summed E-state index contributed by atoms with van der Waals surface area (Å²) >= 11 is 0. The molecule has 0 amide bonds. The molecule has 3 heteroatoms. The summed E-state index contributed by atoms with van der Waals surface area (Å²) in [6.45, 7) is 0. The molecule has 1 spiro atoms. The van der Waals surface area contributed by atoms with Crippen molar-refractivity contribution in [3.8, 4) is 33.8 Å². The third-order valence-corrected chi connectivity index (χ3v) is 12.2. The maximum absolute atomic E-state index is 4.71. The van der Waals surface area contributed by atoms with Crippen LogP contribution in [-0.2, 0) is 18.3 Å². The number of aromatic nitrogens is 3. The van der Waals surface area contributed by atoms with E-state index in [0.29, 0.717) is 0 Å². The lowest BCUT2D eigenvalue weighted by atomic mass is 9.75. The summed E-state index contributed by atoms with van der Waals surface area (Å²) in [7, 11) is 0. The molecule has 7 aromatic carbocycles. The Morgan fingerprint density at radius 3 is 1.38 bits per heavy atom. The quantitative estimate of drug-likeness (QED) is 0.183. The van der Waals surface area contributed by atoms with Gasteiger partial charge in [0.15, 0.2) is 0 Å². The molecule has 248 valence electrons. The van der Waals surface area contributed by atoms with Crippen LogP contribution in [-0.4, -0.2) is 14.1 Å². The number of para-hydroxylation sites is 4. The summed E-state index contributed by atoms with van der Waals surface area (Å²) in [6, 6.07) is 63.0. The minimum absolute atomic E-state index is 0.209. The first-order chi connectivity index (χ1) is 26.2. The third-order valence-electron chi connectivity index (χ3n) is 12.2. The highest BCUT2D eigenvalue weighted by molar-refractivity contribution is 6.10. The van der Waals surface area contributed by atoms with Gasteiger partial charge in [-0.1, -0.05) is 103 Å². The summed E-state index contributed by atoms with van der Waals surface area (Å²) in [5.41, 5.74) is 17.7. The van der Waals surface area contributed by atoms with Gasteiger partial charge >= 0.3 is 0 Å². The normalized spacial score (nSPS) is 14.0. The van der Waals surface area contributed by atoms with E-state index >= 15 is 0 Å². The van der Waals surface area contributed by atoms with Gasteiger partial charge in [0.1, 0.15) is 0 Å². The van der Waals surface area contributed by atoms with E-state index in [0.717, 1.165) is 18.5 Å². The Balaban J connectivity index is 1.10. The minimum atomic E-state index is -0.209. The van der Waals surface area contributed by atoms with Crippen molar-refractivity contribution < 1.29 is 0 Å². The monoisotopic (exact) mass is 675 g/mol. The molecule has 12 rings (SSSR count). The maximum atomic E-state index is 4.71. The van der Waals surface area contributed by atoms with Crippen LogP contribution < -0.4 is 0 Å². The van der Waals surface area contributed by atoms with E-state index in [9.17, 15) is 0 Å². The number of benzene rings is 7. The van der Waals surface area contributed by atoms with Crippen LogP contribution in [0.5, 0.6) is 0 Å². The molecule has 0 aliphatic heterocycles. The predicted octanol–water partition coefficient (Wildman–Crippen LogP) is 12.0. The van der Waals surface area contributed by atoms with Gasteiger partial charge < -0.3 is 9.13 Å². The molecule has 0 N–H and O–H groups in total. The Hall–Kier alpha value is -6.71. The Kier molecular flexibility index (Phi) is 5.82. The number of nitrogens with zero attached hydrogens (tertiary/aromatic N) is 3. The number of pyridine rings is 1. The molecule has 0 saturated heterocycles. The van der Waals surface area contributed by atoms with Crippen LogP contribution in [0.3, 0.4) is 0 Å². The van der Waals surface area contributed by atoms with E-state index in [4.69, 9.17) is 4.98 Å². The molecule has 53 heavy (non-hydrogen) atoms. The summed E-state index contributed by atoms with van der Waals surface area (Å²) in [6.07, 6.45) is 3.79. The van der Waals surface area contributed by atoms with Gasteiger partial charge in [0, 0.05) is 50.1 Å². The minimum Gasteiger partial charge on any atom is -0.309 e. The van der Waals surface area contributed by atoms with Gasteiger partial charge in [0.25, 0.3) is 0 Å². The number of hydrogen-bond donors (Lipinski definition) is 0. The van der Waals surface area contributed by atoms with Gasteiger partial charge in [0.2, 0.25) is 0 Å². The largest absolute Gasteiger partial charge is 0.309 e. The summed E-state index contributed by atoms with van der Waals surface area (Å²) in [5.74, 6) is 0. The third kappa shape index (κ3) is 3.97. The smallest absolute Gasteiger partial charge is 0.0702 e. The Labute approximate surface area is 307 Å². The van der Waals surface area contributed by atoms with Crippen molar-refractivity contribution in [2.75, 3.05) is 0 Å². The summed E-state index contributed by atoms with van der Waals surface area (Å²) < 4.78 is 4.93. The number of rotatable bonds is 3. The molecule has 3 nitrogen and oxygen atoms in total.